The summed E-state index contributed by atoms with van der Waals surface area (Å²) in [5, 5.41) is 7.50. The fraction of sp³-hybridized carbons (Fsp3) is 0.818. The van der Waals surface area contributed by atoms with Crippen molar-refractivity contribution >= 4 is 0 Å². The van der Waals surface area contributed by atoms with Crippen molar-refractivity contribution in [3.8, 4) is 0 Å². The minimum atomic E-state index is 0.316. The van der Waals surface area contributed by atoms with Gasteiger partial charge < -0.3 is 5.32 Å². The van der Waals surface area contributed by atoms with Crippen LogP contribution >= 0.6 is 0 Å². The lowest BCUT2D eigenvalue weighted by Crippen LogP contribution is -2.49. The molecule has 0 atom stereocenters. The maximum absolute atomic E-state index is 4.26. The van der Waals surface area contributed by atoms with Crippen LogP contribution in [0.4, 0.5) is 0 Å². The molecule has 1 aromatic heterocycles. The Morgan fingerprint density at radius 2 is 2.12 bits per heavy atom. The summed E-state index contributed by atoms with van der Waals surface area (Å²) in [4.78, 5) is 6.71. The molecular formula is C11H21N5. The number of hydrogen-bond acceptors (Lipinski definition) is 4. The van der Waals surface area contributed by atoms with Gasteiger partial charge in [0.25, 0.3) is 0 Å². The second-order valence-corrected chi connectivity index (χ2v) is 4.89. The van der Waals surface area contributed by atoms with Crippen LogP contribution in [0.2, 0.25) is 0 Å². The summed E-state index contributed by atoms with van der Waals surface area (Å²) in [5.41, 5.74) is 0.316. The average Bonchev–Trinajstić information content (AvgIpc) is 2.68. The molecule has 1 aliphatic heterocycles. The number of likely N-dealkylation sites (tertiary alicyclic amines) is 1. The maximum Gasteiger partial charge on any atom is 0.140 e. The Hall–Kier alpha value is -0.940. The quantitative estimate of drug-likeness (QED) is 0.805. The molecule has 1 saturated heterocycles. The van der Waals surface area contributed by atoms with Gasteiger partial charge in [-0.2, -0.15) is 5.10 Å². The number of hydrogen-bond donors (Lipinski definition) is 1. The molecule has 5 heteroatoms. The van der Waals surface area contributed by atoms with Crippen LogP contribution in [0.5, 0.6) is 0 Å². The van der Waals surface area contributed by atoms with E-state index >= 15 is 0 Å². The zero-order chi connectivity index (χ0) is 11.6. The molecule has 90 valence electrons. The largest absolute Gasteiger partial charge is 0.314 e. The van der Waals surface area contributed by atoms with Crippen molar-refractivity contribution < 1.29 is 0 Å². The van der Waals surface area contributed by atoms with Crippen LogP contribution in [-0.2, 0) is 13.6 Å². The minimum absolute atomic E-state index is 0.316. The molecule has 0 spiro atoms. The highest BCUT2D eigenvalue weighted by molar-refractivity contribution is 4.91. The molecule has 2 rings (SSSR count). The van der Waals surface area contributed by atoms with Crippen LogP contribution in [0.15, 0.2) is 6.33 Å². The van der Waals surface area contributed by atoms with Crippen LogP contribution in [-0.4, -0.2) is 45.3 Å². The minimum Gasteiger partial charge on any atom is -0.314 e. The first-order valence-corrected chi connectivity index (χ1v) is 5.87. The van der Waals surface area contributed by atoms with Crippen LogP contribution in [0.1, 0.15) is 25.6 Å². The molecule has 0 saturated carbocycles. The molecule has 1 aromatic rings. The van der Waals surface area contributed by atoms with E-state index in [1.807, 2.05) is 11.7 Å². The fourth-order valence-corrected chi connectivity index (χ4v) is 2.12. The SMILES string of the molecule is CNC1(C)CCN(Cc2ncnn2C)CC1. The van der Waals surface area contributed by atoms with E-state index in [9.17, 15) is 0 Å². The standard InChI is InChI=1S/C11H21N5/c1-11(12-2)4-6-16(7-5-11)8-10-13-9-14-15(10)3/h9,12H,4-8H2,1-3H3. The summed E-state index contributed by atoms with van der Waals surface area (Å²) in [6.07, 6.45) is 4.01. The van der Waals surface area contributed by atoms with E-state index in [1.165, 1.54) is 12.8 Å². The number of aromatic nitrogens is 3. The molecule has 2 heterocycles. The van der Waals surface area contributed by atoms with Crippen molar-refractivity contribution in [3.63, 3.8) is 0 Å². The second kappa shape index (κ2) is 4.51. The summed E-state index contributed by atoms with van der Waals surface area (Å²) >= 11 is 0. The van der Waals surface area contributed by atoms with Crippen molar-refractivity contribution in [3.05, 3.63) is 12.2 Å². The zero-order valence-corrected chi connectivity index (χ0v) is 10.4. The van der Waals surface area contributed by atoms with Crippen molar-refractivity contribution in [2.24, 2.45) is 7.05 Å². The Labute approximate surface area is 96.8 Å². The molecular weight excluding hydrogens is 202 g/mol. The highest BCUT2D eigenvalue weighted by Crippen LogP contribution is 2.21. The van der Waals surface area contributed by atoms with Crippen LogP contribution in [0.25, 0.3) is 0 Å². The van der Waals surface area contributed by atoms with E-state index in [2.05, 4.69) is 34.3 Å². The Morgan fingerprint density at radius 1 is 1.44 bits per heavy atom. The molecule has 1 N–H and O–H groups in total. The van der Waals surface area contributed by atoms with E-state index in [0.717, 1.165) is 25.5 Å². The van der Waals surface area contributed by atoms with Crippen LogP contribution in [0.3, 0.4) is 0 Å². The summed E-state index contributed by atoms with van der Waals surface area (Å²) < 4.78 is 1.85. The topological polar surface area (TPSA) is 46.0 Å². The molecule has 16 heavy (non-hydrogen) atoms. The van der Waals surface area contributed by atoms with Crippen LogP contribution in [0, 0.1) is 0 Å². The molecule has 5 nitrogen and oxygen atoms in total. The predicted molar refractivity (Wildman–Crippen MR) is 63.0 cm³/mol. The predicted octanol–water partition coefficient (Wildman–Crippen LogP) is 0.389. The average molecular weight is 223 g/mol. The first-order valence-electron chi connectivity index (χ1n) is 5.87. The first-order chi connectivity index (χ1) is 7.63. The Morgan fingerprint density at radius 3 is 2.62 bits per heavy atom. The van der Waals surface area contributed by atoms with Crippen molar-refractivity contribution in [1.82, 2.24) is 25.0 Å². The molecule has 1 fully saturated rings. The monoisotopic (exact) mass is 223 g/mol. The number of piperidine rings is 1. The Bertz CT molecular complexity index is 338. The first kappa shape index (κ1) is 11.5. The zero-order valence-electron chi connectivity index (χ0n) is 10.4. The van der Waals surface area contributed by atoms with Gasteiger partial charge in [0.1, 0.15) is 12.2 Å². The normalized spacial score (nSPS) is 21.2. The van der Waals surface area contributed by atoms with E-state index < -0.39 is 0 Å². The third-order valence-electron chi connectivity index (χ3n) is 3.73. The third kappa shape index (κ3) is 2.41. The number of nitrogens with one attached hydrogen (secondary N) is 1. The second-order valence-electron chi connectivity index (χ2n) is 4.89. The van der Waals surface area contributed by atoms with Gasteiger partial charge in [-0.1, -0.05) is 0 Å². The van der Waals surface area contributed by atoms with Gasteiger partial charge in [-0.05, 0) is 26.8 Å². The lowest BCUT2D eigenvalue weighted by molar-refractivity contribution is 0.142. The Kier molecular flexibility index (Phi) is 3.25. The van der Waals surface area contributed by atoms with E-state index in [4.69, 9.17) is 0 Å². The summed E-state index contributed by atoms with van der Waals surface area (Å²) in [6, 6.07) is 0. The number of nitrogens with zero attached hydrogens (tertiary/aromatic N) is 4. The van der Waals surface area contributed by atoms with Gasteiger partial charge in [-0.3, -0.25) is 9.58 Å². The molecule has 0 unspecified atom stereocenters. The fourth-order valence-electron chi connectivity index (χ4n) is 2.12. The van der Waals surface area contributed by atoms with Crippen molar-refractivity contribution in [2.45, 2.75) is 31.8 Å². The summed E-state index contributed by atoms with van der Waals surface area (Å²) in [5.74, 6) is 1.05. The summed E-state index contributed by atoms with van der Waals surface area (Å²) in [6.45, 7) is 5.47. The smallest absolute Gasteiger partial charge is 0.140 e. The molecule has 0 aliphatic carbocycles. The lowest BCUT2D eigenvalue weighted by atomic mass is 9.90. The summed E-state index contributed by atoms with van der Waals surface area (Å²) in [7, 11) is 4.00. The van der Waals surface area contributed by atoms with Crippen LogP contribution < -0.4 is 5.32 Å². The molecule has 0 bridgehead atoms. The van der Waals surface area contributed by atoms with E-state index in [1.54, 1.807) is 6.33 Å². The van der Waals surface area contributed by atoms with Gasteiger partial charge in [-0.25, -0.2) is 4.98 Å². The number of rotatable bonds is 3. The van der Waals surface area contributed by atoms with E-state index in [-0.39, 0.29) is 0 Å². The van der Waals surface area contributed by atoms with Gasteiger partial charge in [-0.15, -0.1) is 0 Å². The van der Waals surface area contributed by atoms with E-state index in [0.29, 0.717) is 5.54 Å². The third-order valence-corrected chi connectivity index (χ3v) is 3.73. The van der Waals surface area contributed by atoms with Gasteiger partial charge in [0.2, 0.25) is 0 Å². The molecule has 0 radical (unpaired) electrons. The van der Waals surface area contributed by atoms with Gasteiger partial charge >= 0.3 is 0 Å². The van der Waals surface area contributed by atoms with Gasteiger partial charge in [0.05, 0.1) is 6.54 Å². The molecule has 0 aromatic carbocycles. The van der Waals surface area contributed by atoms with Gasteiger partial charge in [0, 0.05) is 25.7 Å². The van der Waals surface area contributed by atoms with Crippen molar-refractivity contribution in [1.29, 1.82) is 0 Å². The van der Waals surface area contributed by atoms with Gasteiger partial charge in [0.15, 0.2) is 0 Å². The highest BCUT2D eigenvalue weighted by Gasteiger charge is 2.28. The maximum atomic E-state index is 4.26. The highest BCUT2D eigenvalue weighted by atomic mass is 15.3. The Balaban J connectivity index is 1.88. The molecule has 1 aliphatic rings. The molecule has 0 amide bonds. The lowest BCUT2D eigenvalue weighted by Gasteiger charge is -2.39. The van der Waals surface area contributed by atoms with Crippen molar-refractivity contribution in [2.75, 3.05) is 20.1 Å². The number of aryl methyl sites for hydroxylation is 1.